The Balaban J connectivity index is 2.23. The Kier molecular flexibility index (Phi) is 3.59. The molecule has 1 N–H and O–H groups in total. The zero-order chi connectivity index (χ0) is 11.4. The number of halogens is 1. The van der Waals surface area contributed by atoms with Gasteiger partial charge >= 0.3 is 0 Å². The number of alkyl halides is 1. The van der Waals surface area contributed by atoms with E-state index in [1.165, 1.54) is 0 Å². The fraction of sp³-hybridized carbons (Fsp3) is 0.250. The quantitative estimate of drug-likeness (QED) is 0.830. The van der Waals surface area contributed by atoms with E-state index in [-0.39, 0.29) is 12.5 Å². The number of hydrogen-bond donors (Lipinski definition) is 1. The minimum Gasteiger partial charge on any atom is -0.490 e. The van der Waals surface area contributed by atoms with Gasteiger partial charge in [0, 0.05) is 11.6 Å². The van der Waals surface area contributed by atoms with Gasteiger partial charge in [-0.25, -0.2) is 0 Å². The van der Waals surface area contributed by atoms with Gasteiger partial charge in [0.25, 0.3) is 0 Å². The number of aliphatic hydroxyl groups is 1. The standard InChI is InChI=1S/C12H12ClNO2/c13-7-9(15)8-16-12-5-1-4-11-10(12)3-2-6-14-11/h1-6,9,15H,7-8H2. The van der Waals surface area contributed by atoms with Crippen molar-refractivity contribution in [2.45, 2.75) is 6.10 Å². The summed E-state index contributed by atoms with van der Waals surface area (Å²) in [4.78, 5) is 4.22. The van der Waals surface area contributed by atoms with Gasteiger partial charge in [0.2, 0.25) is 0 Å². The van der Waals surface area contributed by atoms with E-state index >= 15 is 0 Å². The average molecular weight is 238 g/mol. The van der Waals surface area contributed by atoms with Gasteiger partial charge in [-0.3, -0.25) is 4.98 Å². The van der Waals surface area contributed by atoms with Gasteiger partial charge in [-0.05, 0) is 24.3 Å². The van der Waals surface area contributed by atoms with E-state index in [2.05, 4.69) is 4.98 Å². The molecule has 1 aromatic heterocycles. The summed E-state index contributed by atoms with van der Waals surface area (Å²) < 4.78 is 5.50. The largest absolute Gasteiger partial charge is 0.490 e. The number of aromatic nitrogens is 1. The molecular formula is C12H12ClNO2. The molecule has 84 valence electrons. The van der Waals surface area contributed by atoms with E-state index in [9.17, 15) is 5.11 Å². The van der Waals surface area contributed by atoms with Crippen molar-refractivity contribution < 1.29 is 9.84 Å². The maximum Gasteiger partial charge on any atom is 0.128 e. The summed E-state index contributed by atoms with van der Waals surface area (Å²) in [5, 5.41) is 10.3. The number of hydrogen-bond acceptors (Lipinski definition) is 3. The van der Waals surface area contributed by atoms with Crippen LogP contribution in [0.3, 0.4) is 0 Å². The van der Waals surface area contributed by atoms with Crippen LogP contribution in [0.4, 0.5) is 0 Å². The Hall–Kier alpha value is -1.32. The zero-order valence-electron chi connectivity index (χ0n) is 8.64. The van der Waals surface area contributed by atoms with Gasteiger partial charge in [0.15, 0.2) is 0 Å². The second-order valence-corrected chi connectivity index (χ2v) is 3.75. The molecule has 0 spiro atoms. The Morgan fingerprint density at radius 1 is 1.31 bits per heavy atom. The van der Waals surface area contributed by atoms with Crippen LogP contribution < -0.4 is 4.74 Å². The molecule has 0 fully saturated rings. The lowest BCUT2D eigenvalue weighted by Crippen LogP contribution is -2.18. The summed E-state index contributed by atoms with van der Waals surface area (Å²) in [6.07, 6.45) is 1.09. The first kappa shape index (κ1) is 11.2. The van der Waals surface area contributed by atoms with Crippen LogP contribution in [0.25, 0.3) is 10.9 Å². The average Bonchev–Trinajstić information content (AvgIpc) is 2.35. The molecule has 1 heterocycles. The Labute approximate surface area is 98.6 Å². The summed E-state index contributed by atoms with van der Waals surface area (Å²) in [7, 11) is 0. The second-order valence-electron chi connectivity index (χ2n) is 3.45. The fourth-order valence-electron chi connectivity index (χ4n) is 1.43. The number of pyridine rings is 1. The zero-order valence-corrected chi connectivity index (χ0v) is 9.39. The third-order valence-electron chi connectivity index (χ3n) is 2.22. The second kappa shape index (κ2) is 5.14. The van der Waals surface area contributed by atoms with Gasteiger partial charge in [-0.15, -0.1) is 11.6 Å². The lowest BCUT2D eigenvalue weighted by Gasteiger charge is -2.11. The molecule has 16 heavy (non-hydrogen) atoms. The molecule has 0 saturated heterocycles. The lowest BCUT2D eigenvalue weighted by atomic mass is 10.2. The predicted octanol–water partition coefficient (Wildman–Crippen LogP) is 2.21. The highest BCUT2D eigenvalue weighted by atomic mass is 35.5. The molecule has 0 aliphatic rings. The number of rotatable bonds is 4. The van der Waals surface area contributed by atoms with E-state index in [0.717, 1.165) is 16.7 Å². The summed E-state index contributed by atoms with van der Waals surface area (Å²) in [6.45, 7) is 0.192. The van der Waals surface area contributed by atoms with E-state index in [1.807, 2.05) is 30.3 Å². The third-order valence-corrected chi connectivity index (χ3v) is 2.57. The topological polar surface area (TPSA) is 42.4 Å². The lowest BCUT2D eigenvalue weighted by molar-refractivity contribution is 0.126. The molecule has 1 aromatic carbocycles. The summed E-state index contributed by atoms with van der Waals surface area (Å²) in [5.74, 6) is 0.887. The fourth-order valence-corrected chi connectivity index (χ4v) is 1.52. The molecule has 0 radical (unpaired) electrons. The van der Waals surface area contributed by atoms with Gasteiger partial charge < -0.3 is 9.84 Å². The summed E-state index contributed by atoms with van der Waals surface area (Å²) in [6, 6.07) is 9.43. The third kappa shape index (κ3) is 2.43. The van der Waals surface area contributed by atoms with Gasteiger partial charge in [-0.1, -0.05) is 6.07 Å². The van der Waals surface area contributed by atoms with E-state index < -0.39 is 6.10 Å². The Bertz CT molecular complexity index is 470. The molecule has 1 atom stereocenters. The van der Waals surface area contributed by atoms with Crippen molar-refractivity contribution in [1.82, 2.24) is 4.98 Å². The van der Waals surface area contributed by atoms with Crippen LogP contribution in [0.5, 0.6) is 5.75 Å². The summed E-state index contributed by atoms with van der Waals surface area (Å²) in [5.41, 5.74) is 0.875. The summed E-state index contributed by atoms with van der Waals surface area (Å²) >= 11 is 5.49. The van der Waals surface area contributed by atoms with Crippen molar-refractivity contribution in [2.24, 2.45) is 0 Å². The van der Waals surface area contributed by atoms with E-state index in [4.69, 9.17) is 16.3 Å². The smallest absolute Gasteiger partial charge is 0.128 e. The first-order chi connectivity index (χ1) is 7.81. The van der Waals surface area contributed by atoms with E-state index in [1.54, 1.807) is 6.20 Å². The van der Waals surface area contributed by atoms with Gasteiger partial charge in [0.1, 0.15) is 18.5 Å². The van der Waals surface area contributed by atoms with Gasteiger partial charge in [-0.2, -0.15) is 0 Å². The monoisotopic (exact) mass is 237 g/mol. The minimum atomic E-state index is -0.645. The van der Waals surface area contributed by atoms with Crippen LogP contribution >= 0.6 is 11.6 Å². The number of benzene rings is 1. The maximum absolute atomic E-state index is 9.32. The van der Waals surface area contributed by atoms with Crippen LogP contribution in [-0.2, 0) is 0 Å². The molecule has 0 bridgehead atoms. The normalized spacial score (nSPS) is 12.6. The highest BCUT2D eigenvalue weighted by molar-refractivity contribution is 6.18. The van der Waals surface area contributed by atoms with Gasteiger partial charge in [0.05, 0.1) is 11.4 Å². The van der Waals surface area contributed by atoms with Crippen LogP contribution in [-0.4, -0.2) is 28.7 Å². The molecular weight excluding hydrogens is 226 g/mol. The molecule has 1 unspecified atom stereocenters. The van der Waals surface area contributed by atoms with Crippen LogP contribution in [0.15, 0.2) is 36.5 Å². The SMILES string of the molecule is OC(CCl)COc1cccc2ncccc12. The molecule has 2 aromatic rings. The first-order valence-corrected chi connectivity index (χ1v) is 5.55. The highest BCUT2D eigenvalue weighted by Crippen LogP contribution is 2.23. The van der Waals surface area contributed by atoms with Crippen molar-refractivity contribution in [1.29, 1.82) is 0 Å². The number of aliphatic hydroxyl groups excluding tert-OH is 1. The molecule has 0 amide bonds. The van der Waals surface area contributed by atoms with Crippen molar-refractivity contribution in [2.75, 3.05) is 12.5 Å². The maximum atomic E-state index is 9.32. The van der Waals surface area contributed by atoms with Crippen molar-refractivity contribution >= 4 is 22.5 Å². The molecule has 3 nitrogen and oxygen atoms in total. The predicted molar refractivity (Wildman–Crippen MR) is 64.0 cm³/mol. The molecule has 0 aliphatic heterocycles. The molecule has 0 saturated carbocycles. The van der Waals surface area contributed by atoms with Crippen LogP contribution in [0.2, 0.25) is 0 Å². The first-order valence-electron chi connectivity index (χ1n) is 5.02. The minimum absolute atomic E-state index is 0.170. The Morgan fingerprint density at radius 3 is 3.00 bits per heavy atom. The van der Waals surface area contributed by atoms with E-state index in [0.29, 0.717) is 0 Å². The number of fused-ring (bicyclic) bond motifs is 1. The highest BCUT2D eigenvalue weighted by Gasteiger charge is 2.05. The van der Waals surface area contributed by atoms with Crippen molar-refractivity contribution in [3.63, 3.8) is 0 Å². The van der Waals surface area contributed by atoms with Crippen molar-refractivity contribution in [3.05, 3.63) is 36.5 Å². The number of nitrogens with zero attached hydrogens (tertiary/aromatic N) is 1. The molecule has 2 rings (SSSR count). The Morgan fingerprint density at radius 2 is 2.19 bits per heavy atom. The van der Waals surface area contributed by atoms with Crippen LogP contribution in [0, 0.1) is 0 Å². The molecule has 0 aliphatic carbocycles. The molecule has 4 heteroatoms. The van der Waals surface area contributed by atoms with Crippen LogP contribution in [0.1, 0.15) is 0 Å². The van der Waals surface area contributed by atoms with Crippen molar-refractivity contribution in [3.8, 4) is 5.75 Å². The number of ether oxygens (including phenoxy) is 1.